The molecule has 0 atom stereocenters. The summed E-state index contributed by atoms with van der Waals surface area (Å²) in [6, 6.07) is 0. The van der Waals surface area contributed by atoms with Gasteiger partial charge in [-0.05, 0) is 51.2 Å². The third-order valence-electron chi connectivity index (χ3n) is 5.89. The van der Waals surface area contributed by atoms with Crippen molar-refractivity contribution in [2.75, 3.05) is 73.6 Å². The molecule has 1 aliphatic carbocycles. The number of nitrogens with zero attached hydrogens (tertiary/aromatic N) is 3. The summed E-state index contributed by atoms with van der Waals surface area (Å²) in [5, 5.41) is 7.07. The third-order valence-corrected chi connectivity index (χ3v) is 5.89. The van der Waals surface area contributed by atoms with Gasteiger partial charge in [0.1, 0.15) is 0 Å². The molecule has 0 bridgehead atoms. The number of rotatable bonds is 8. The number of likely N-dealkylation sites (N-methyl/N-ethyl adjacent to an activating group) is 1. The topological polar surface area (TPSA) is 52.1 Å². The van der Waals surface area contributed by atoms with E-state index in [1.807, 2.05) is 7.05 Å². The lowest BCUT2D eigenvalue weighted by atomic mass is 9.83. The molecule has 7 heteroatoms. The predicted octanol–water partition coefficient (Wildman–Crippen LogP) is 2.00. The van der Waals surface area contributed by atoms with Crippen LogP contribution in [0.25, 0.3) is 0 Å². The molecule has 0 aromatic heterocycles. The van der Waals surface area contributed by atoms with Gasteiger partial charge < -0.3 is 25.2 Å². The molecular weight excluding hydrogens is 441 g/mol. The molecule has 6 nitrogen and oxygen atoms in total. The minimum Gasteiger partial charge on any atom is -0.385 e. The molecule has 1 aliphatic heterocycles. The lowest BCUT2D eigenvalue weighted by molar-refractivity contribution is 0.138. The molecule has 26 heavy (non-hydrogen) atoms. The molecule has 154 valence electrons. The molecule has 2 rings (SSSR count). The molecule has 0 radical (unpaired) electrons. The lowest BCUT2D eigenvalue weighted by Gasteiger charge is -2.30. The summed E-state index contributed by atoms with van der Waals surface area (Å²) >= 11 is 0. The van der Waals surface area contributed by atoms with Gasteiger partial charge in [-0.2, -0.15) is 0 Å². The van der Waals surface area contributed by atoms with Crippen molar-refractivity contribution in [1.29, 1.82) is 0 Å². The first-order valence-electron chi connectivity index (χ1n) is 10.0. The van der Waals surface area contributed by atoms with Crippen molar-refractivity contribution in [2.24, 2.45) is 10.4 Å². The van der Waals surface area contributed by atoms with Gasteiger partial charge in [0.15, 0.2) is 5.96 Å². The zero-order valence-corrected chi connectivity index (χ0v) is 19.4. The molecule has 1 heterocycles. The van der Waals surface area contributed by atoms with Crippen LogP contribution in [0.15, 0.2) is 4.99 Å². The van der Waals surface area contributed by atoms with Crippen molar-refractivity contribution in [3.05, 3.63) is 0 Å². The number of nitrogens with one attached hydrogen (secondary N) is 2. The molecule has 0 aromatic rings. The van der Waals surface area contributed by atoms with Crippen LogP contribution in [0, 0.1) is 5.41 Å². The van der Waals surface area contributed by atoms with E-state index in [1.54, 1.807) is 7.11 Å². The van der Waals surface area contributed by atoms with Gasteiger partial charge in [-0.1, -0.05) is 12.8 Å². The summed E-state index contributed by atoms with van der Waals surface area (Å²) in [5.74, 6) is 0.940. The van der Waals surface area contributed by atoms with Gasteiger partial charge >= 0.3 is 0 Å². The van der Waals surface area contributed by atoms with E-state index in [4.69, 9.17) is 4.74 Å². The van der Waals surface area contributed by atoms with Gasteiger partial charge in [-0.3, -0.25) is 4.99 Å². The highest BCUT2D eigenvalue weighted by atomic mass is 127. The van der Waals surface area contributed by atoms with Crippen molar-refractivity contribution < 1.29 is 4.74 Å². The monoisotopic (exact) mass is 481 g/mol. The van der Waals surface area contributed by atoms with E-state index >= 15 is 0 Å². The molecule has 0 unspecified atom stereocenters. The average molecular weight is 481 g/mol. The van der Waals surface area contributed by atoms with Crippen LogP contribution in [-0.4, -0.2) is 89.4 Å². The van der Waals surface area contributed by atoms with Gasteiger partial charge in [-0.25, -0.2) is 0 Å². The molecule has 2 N–H and O–H groups in total. The van der Waals surface area contributed by atoms with Crippen LogP contribution < -0.4 is 10.6 Å². The minimum atomic E-state index is 0. The Balaban J connectivity index is 0.00000338. The van der Waals surface area contributed by atoms with Crippen molar-refractivity contribution in [3.63, 3.8) is 0 Å². The molecular formula is C19H40IN5O. The predicted molar refractivity (Wildman–Crippen MR) is 121 cm³/mol. The maximum absolute atomic E-state index is 5.33. The maximum Gasteiger partial charge on any atom is 0.191 e. The van der Waals surface area contributed by atoms with Gasteiger partial charge in [-0.15, -0.1) is 24.0 Å². The number of guanidine groups is 1. The SMILES string of the molecule is CN=C(NCCN1CCCN(C)CC1)NCC1(CCOC)CCCC1.I. The highest BCUT2D eigenvalue weighted by Gasteiger charge is 2.33. The number of halogens is 1. The van der Waals surface area contributed by atoms with Crippen LogP contribution in [0.2, 0.25) is 0 Å². The van der Waals surface area contributed by atoms with Gasteiger partial charge in [0, 0.05) is 53.5 Å². The van der Waals surface area contributed by atoms with E-state index in [-0.39, 0.29) is 24.0 Å². The van der Waals surface area contributed by atoms with E-state index in [9.17, 15) is 0 Å². The summed E-state index contributed by atoms with van der Waals surface area (Å²) in [6.07, 6.45) is 7.73. The van der Waals surface area contributed by atoms with Gasteiger partial charge in [0.2, 0.25) is 0 Å². The number of hydrogen-bond acceptors (Lipinski definition) is 4. The highest BCUT2D eigenvalue weighted by Crippen LogP contribution is 2.40. The van der Waals surface area contributed by atoms with Gasteiger partial charge in [0.25, 0.3) is 0 Å². The summed E-state index contributed by atoms with van der Waals surface area (Å²) < 4.78 is 5.33. The fraction of sp³-hybridized carbons (Fsp3) is 0.947. The second kappa shape index (κ2) is 13.1. The van der Waals surface area contributed by atoms with Crippen molar-refractivity contribution in [1.82, 2.24) is 20.4 Å². The average Bonchev–Trinajstić information content (AvgIpc) is 2.99. The Morgan fingerprint density at radius 1 is 1.08 bits per heavy atom. The molecule has 2 aliphatic rings. The fourth-order valence-corrected chi connectivity index (χ4v) is 4.11. The largest absolute Gasteiger partial charge is 0.385 e. The van der Waals surface area contributed by atoms with Crippen LogP contribution >= 0.6 is 24.0 Å². The normalized spacial score (nSPS) is 21.9. The third kappa shape index (κ3) is 8.27. The quantitative estimate of drug-likeness (QED) is 0.316. The van der Waals surface area contributed by atoms with Crippen molar-refractivity contribution >= 4 is 29.9 Å². The molecule has 1 saturated carbocycles. The van der Waals surface area contributed by atoms with Crippen molar-refractivity contribution in [3.8, 4) is 0 Å². The van der Waals surface area contributed by atoms with Crippen LogP contribution in [0.1, 0.15) is 38.5 Å². The second-order valence-electron chi connectivity index (χ2n) is 7.80. The zero-order chi connectivity index (χ0) is 18.0. The van der Waals surface area contributed by atoms with E-state index in [0.29, 0.717) is 5.41 Å². The number of methoxy groups -OCH3 is 1. The maximum atomic E-state index is 5.33. The Morgan fingerprint density at radius 3 is 2.54 bits per heavy atom. The van der Waals surface area contributed by atoms with Gasteiger partial charge in [0.05, 0.1) is 0 Å². The molecule has 0 spiro atoms. The zero-order valence-electron chi connectivity index (χ0n) is 17.1. The summed E-state index contributed by atoms with van der Waals surface area (Å²) in [5.41, 5.74) is 0.392. The van der Waals surface area contributed by atoms with E-state index in [2.05, 4.69) is 32.5 Å². The first-order valence-corrected chi connectivity index (χ1v) is 10.0. The molecule has 0 amide bonds. The Kier molecular flexibility index (Phi) is 12.1. The van der Waals surface area contributed by atoms with Crippen LogP contribution in [0.5, 0.6) is 0 Å². The lowest BCUT2D eigenvalue weighted by Crippen LogP contribution is -2.45. The molecule has 0 aromatic carbocycles. The number of hydrogen-bond donors (Lipinski definition) is 2. The standard InChI is InChI=1S/C19H39N5O.HI/c1-20-18(21-10-13-24-12-6-11-23(2)14-15-24)22-17-19(9-16-25-3)7-4-5-8-19;/h4-17H2,1-3H3,(H2,20,21,22);1H. The first kappa shape index (κ1) is 23.9. The van der Waals surface area contributed by atoms with Crippen molar-refractivity contribution in [2.45, 2.75) is 38.5 Å². The van der Waals surface area contributed by atoms with E-state index in [1.165, 1.54) is 58.3 Å². The molecule has 1 saturated heterocycles. The Labute approximate surface area is 177 Å². The second-order valence-corrected chi connectivity index (χ2v) is 7.80. The van der Waals surface area contributed by atoms with E-state index < -0.39 is 0 Å². The summed E-state index contributed by atoms with van der Waals surface area (Å²) in [7, 11) is 5.89. The van der Waals surface area contributed by atoms with Crippen LogP contribution in [-0.2, 0) is 4.74 Å². The van der Waals surface area contributed by atoms with Crippen LogP contribution in [0.4, 0.5) is 0 Å². The number of ether oxygens (including phenoxy) is 1. The Hall–Kier alpha value is -0.120. The molecule has 2 fully saturated rings. The summed E-state index contributed by atoms with van der Waals surface area (Å²) in [6.45, 7) is 8.67. The smallest absolute Gasteiger partial charge is 0.191 e. The minimum absolute atomic E-state index is 0. The summed E-state index contributed by atoms with van der Waals surface area (Å²) in [4.78, 5) is 9.39. The fourth-order valence-electron chi connectivity index (χ4n) is 4.11. The number of aliphatic imine (C=N–C) groups is 1. The Morgan fingerprint density at radius 2 is 1.85 bits per heavy atom. The Bertz CT molecular complexity index is 401. The first-order chi connectivity index (χ1) is 12.2. The highest BCUT2D eigenvalue weighted by molar-refractivity contribution is 14.0. The van der Waals surface area contributed by atoms with Crippen LogP contribution in [0.3, 0.4) is 0 Å². The van der Waals surface area contributed by atoms with E-state index in [0.717, 1.165) is 38.6 Å².